The molecule has 0 saturated heterocycles. The van der Waals surface area contributed by atoms with Crippen LogP contribution in [-0.4, -0.2) is 6.04 Å². The monoisotopic (exact) mass is 215 g/mol. The van der Waals surface area contributed by atoms with Gasteiger partial charge in [0, 0.05) is 12.1 Å². The summed E-state index contributed by atoms with van der Waals surface area (Å²) in [5.41, 5.74) is 3.12. The molecule has 1 fully saturated rings. The molecule has 2 aliphatic carbocycles. The minimum absolute atomic E-state index is 0.610. The SMILES string of the molecule is CC1Cc2ccccc2C1NC1CCCC1. The number of benzene rings is 1. The molecule has 0 spiro atoms. The maximum Gasteiger partial charge on any atom is 0.0354 e. The van der Waals surface area contributed by atoms with Gasteiger partial charge in [0.15, 0.2) is 0 Å². The molecule has 0 amide bonds. The summed E-state index contributed by atoms with van der Waals surface area (Å²) < 4.78 is 0. The maximum atomic E-state index is 3.88. The highest BCUT2D eigenvalue weighted by atomic mass is 15.0. The first-order valence-corrected chi connectivity index (χ1v) is 6.68. The smallest absolute Gasteiger partial charge is 0.0354 e. The van der Waals surface area contributed by atoms with Gasteiger partial charge in [0.25, 0.3) is 0 Å². The van der Waals surface area contributed by atoms with E-state index in [1.165, 1.54) is 32.1 Å². The number of rotatable bonds is 2. The largest absolute Gasteiger partial charge is 0.307 e. The van der Waals surface area contributed by atoms with Crippen LogP contribution in [0.4, 0.5) is 0 Å². The molecule has 0 radical (unpaired) electrons. The van der Waals surface area contributed by atoms with Crippen LogP contribution in [0.2, 0.25) is 0 Å². The molecule has 3 rings (SSSR count). The summed E-state index contributed by atoms with van der Waals surface area (Å²) in [6.45, 7) is 2.38. The highest BCUT2D eigenvalue weighted by Gasteiger charge is 2.31. The van der Waals surface area contributed by atoms with Gasteiger partial charge in [-0.15, -0.1) is 0 Å². The lowest BCUT2D eigenvalue weighted by atomic mass is 10.0. The Morgan fingerprint density at radius 2 is 1.88 bits per heavy atom. The van der Waals surface area contributed by atoms with Gasteiger partial charge in [0.05, 0.1) is 0 Å². The van der Waals surface area contributed by atoms with E-state index in [2.05, 4.69) is 36.5 Å². The van der Waals surface area contributed by atoms with E-state index in [1.54, 1.807) is 11.1 Å². The van der Waals surface area contributed by atoms with E-state index in [4.69, 9.17) is 0 Å². The fourth-order valence-electron chi connectivity index (χ4n) is 3.40. The summed E-state index contributed by atoms with van der Waals surface area (Å²) in [6, 6.07) is 10.3. The number of hydrogen-bond acceptors (Lipinski definition) is 1. The third kappa shape index (κ3) is 1.78. The molecule has 16 heavy (non-hydrogen) atoms. The molecule has 2 unspecified atom stereocenters. The second-order valence-electron chi connectivity index (χ2n) is 5.51. The zero-order chi connectivity index (χ0) is 11.0. The molecule has 1 aromatic rings. The van der Waals surface area contributed by atoms with Crippen molar-refractivity contribution in [2.45, 2.75) is 51.1 Å². The van der Waals surface area contributed by atoms with Crippen LogP contribution in [-0.2, 0) is 6.42 Å². The first kappa shape index (κ1) is 10.3. The average Bonchev–Trinajstić information content (AvgIpc) is 2.89. The van der Waals surface area contributed by atoms with Crippen molar-refractivity contribution in [2.75, 3.05) is 0 Å². The number of hydrogen-bond donors (Lipinski definition) is 1. The van der Waals surface area contributed by atoms with Crippen molar-refractivity contribution < 1.29 is 0 Å². The van der Waals surface area contributed by atoms with E-state index in [0.29, 0.717) is 6.04 Å². The molecule has 0 heterocycles. The summed E-state index contributed by atoms with van der Waals surface area (Å²) in [7, 11) is 0. The molecule has 0 aliphatic heterocycles. The van der Waals surface area contributed by atoms with E-state index in [0.717, 1.165) is 12.0 Å². The van der Waals surface area contributed by atoms with Crippen molar-refractivity contribution in [3.8, 4) is 0 Å². The molecular formula is C15H21N. The third-order valence-corrected chi connectivity index (χ3v) is 4.27. The quantitative estimate of drug-likeness (QED) is 0.796. The Bertz CT molecular complexity index is 365. The van der Waals surface area contributed by atoms with E-state index < -0.39 is 0 Å². The lowest BCUT2D eigenvalue weighted by Crippen LogP contribution is -2.32. The van der Waals surface area contributed by atoms with Crippen LogP contribution in [0.1, 0.15) is 49.8 Å². The second kappa shape index (κ2) is 4.21. The summed E-state index contributed by atoms with van der Waals surface area (Å²) in [5.74, 6) is 0.762. The maximum absolute atomic E-state index is 3.88. The van der Waals surface area contributed by atoms with Gasteiger partial charge in [0.2, 0.25) is 0 Å². The summed E-state index contributed by atoms with van der Waals surface area (Å²) in [5, 5.41) is 3.88. The molecule has 1 N–H and O–H groups in total. The minimum atomic E-state index is 0.610. The zero-order valence-corrected chi connectivity index (χ0v) is 10.1. The van der Waals surface area contributed by atoms with Gasteiger partial charge in [-0.25, -0.2) is 0 Å². The number of nitrogens with one attached hydrogen (secondary N) is 1. The molecule has 2 atom stereocenters. The van der Waals surface area contributed by atoms with Crippen LogP contribution < -0.4 is 5.32 Å². The molecular weight excluding hydrogens is 194 g/mol. The van der Waals surface area contributed by atoms with Gasteiger partial charge < -0.3 is 5.32 Å². The normalized spacial score (nSPS) is 29.6. The van der Waals surface area contributed by atoms with Crippen molar-refractivity contribution in [1.82, 2.24) is 5.32 Å². The predicted molar refractivity (Wildman–Crippen MR) is 67.4 cm³/mol. The van der Waals surface area contributed by atoms with Gasteiger partial charge in [-0.1, -0.05) is 44.0 Å². The molecule has 1 nitrogen and oxygen atoms in total. The van der Waals surface area contributed by atoms with Crippen LogP contribution in [0.15, 0.2) is 24.3 Å². The third-order valence-electron chi connectivity index (χ3n) is 4.27. The van der Waals surface area contributed by atoms with Crippen LogP contribution in [0.3, 0.4) is 0 Å². The summed E-state index contributed by atoms with van der Waals surface area (Å²) >= 11 is 0. The Morgan fingerprint density at radius 1 is 1.12 bits per heavy atom. The van der Waals surface area contributed by atoms with E-state index in [-0.39, 0.29) is 0 Å². The lowest BCUT2D eigenvalue weighted by Gasteiger charge is -2.23. The molecule has 1 saturated carbocycles. The van der Waals surface area contributed by atoms with Crippen molar-refractivity contribution in [1.29, 1.82) is 0 Å². The van der Waals surface area contributed by atoms with E-state index in [1.807, 2.05) is 0 Å². The minimum Gasteiger partial charge on any atom is -0.307 e. The van der Waals surface area contributed by atoms with Crippen LogP contribution in [0.25, 0.3) is 0 Å². The highest BCUT2D eigenvalue weighted by Crippen LogP contribution is 2.37. The first-order valence-electron chi connectivity index (χ1n) is 6.68. The molecule has 86 valence electrons. The first-order chi connectivity index (χ1) is 7.84. The lowest BCUT2D eigenvalue weighted by molar-refractivity contribution is 0.365. The van der Waals surface area contributed by atoms with Gasteiger partial charge in [-0.05, 0) is 36.3 Å². The van der Waals surface area contributed by atoms with Gasteiger partial charge in [-0.2, -0.15) is 0 Å². The van der Waals surface area contributed by atoms with E-state index in [9.17, 15) is 0 Å². The Morgan fingerprint density at radius 3 is 2.69 bits per heavy atom. The van der Waals surface area contributed by atoms with Gasteiger partial charge in [-0.3, -0.25) is 0 Å². The molecule has 1 heteroatoms. The molecule has 2 aliphatic rings. The fraction of sp³-hybridized carbons (Fsp3) is 0.600. The average molecular weight is 215 g/mol. The van der Waals surface area contributed by atoms with Crippen LogP contribution >= 0.6 is 0 Å². The fourth-order valence-corrected chi connectivity index (χ4v) is 3.40. The Kier molecular flexibility index (Phi) is 2.72. The Labute approximate surface area is 98.3 Å². The van der Waals surface area contributed by atoms with Crippen molar-refractivity contribution in [3.05, 3.63) is 35.4 Å². The molecule has 1 aromatic carbocycles. The molecule has 0 aromatic heterocycles. The van der Waals surface area contributed by atoms with Crippen molar-refractivity contribution in [2.24, 2.45) is 5.92 Å². The predicted octanol–water partition coefficient (Wildman–Crippen LogP) is 3.45. The van der Waals surface area contributed by atoms with Crippen LogP contribution in [0, 0.1) is 5.92 Å². The van der Waals surface area contributed by atoms with Crippen LogP contribution in [0.5, 0.6) is 0 Å². The number of fused-ring (bicyclic) bond motifs is 1. The van der Waals surface area contributed by atoms with Gasteiger partial charge in [0.1, 0.15) is 0 Å². The van der Waals surface area contributed by atoms with Crippen molar-refractivity contribution >= 4 is 0 Å². The standard InChI is InChI=1S/C15H21N/c1-11-10-12-6-2-5-9-14(12)15(11)16-13-7-3-4-8-13/h2,5-6,9,11,13,15-16H,3-4,7-8,10H2,1H3. The van der Waals surface area contributed by atoms with E-state index >= 15 is 0 Å². The highest BCUT2D eigenvalue weighted by molar-refractivity contribution is 5.35. The summed E-state index contributed by atoms with van der Waals surface area (Å²) in [4.78, 5) is 0. The van der Waals surface area contributed by atoms with Gasteiger partial charge >= 0.3 is 0 Å². The summed E-state index contributed by atoms with van der Waals surface area (Å²) in [6.07, 6.45) is 6.85. The second-order valence-corrected chi connectivity index (χ2v) is 5.51. The zero-order valence-electron chi connectivity index (χ0n) is 10.1. The Hall–Kier alpha value is -0.820. The topological polar surface area (TPSA) is 12.0 Å². The molecule has 0 bridgehead atoms. The Balaban J connectivity index is 1.79. The van der Waals surface area contributed by atoms with Crippen molar-refractivity contribution in [3.63, 3.8) is 0 Å².